The van der Waals surface area contributed by atoms with Gasteiger partial charge >= 0.3 is 0 Å². The number of anilines is 4. The number of piperidine rings is 1. The van der Waals surface area contributed by atoms with Crippen LogP contribution in [0.15, 0.2) is 24.4 Å². The highest BCUT2D eigenvalue weighted by Crippen LogP contribution is 2.36. The first-order chi connectivity index (χ1) is 17.9. The van der Waals surface area contributed by atoms with E-state index >= 15 is 0 Å². The Labute approximate surface area is 223 Å². The molecule has 2 fully saturated rings. The van der Waals surface area contributed by atoms with Gasteiger partial charge in [0.2, 0.25) is 11.9 Å². The molecule has 1 aliphatic carbocycles. The summed E-state index contributed by atoms with van der Waals surface area (Å²) >= 11 is 6.58. The Morgan fingerprint density at radius 1 is 1.14 bits per heavy atom. The summed E-state index contributed by atoms with van der Waals surface area (Å²) in [5.74, 6) is 1.15. The highest BCUT2D eigenvalue weighted by molar-refractivity contribution is 6.33. The Morgan fingerprint density at radius 3 is 2.59 bits per heavy atom. The molecular formula is C27H36ClN7O2. The zero-order valence-corrected chi connectivity index (χ0v) is 22.4. The van der Waals surface area contributed by atoms with E-state index in [0.717, 1.165) is 56.8 Å². The summed E-state index contributed by atoms with van der Waals surface area (Å²) in [5.41, 5.74) is 1.88. The second-order valence-corrected chi connectivity index (χ2v) is 10.6. The number of amides is 2. The largest absolute Gasteiger partial charge is 0.351 e. The number of aromatic nitrogens is 2. The Hall–Kier alpha value is -2.91. The fourth-order valence-corrected chi connectivity index (χ4v) is 5.84. The van der Waals surface area contributed by atoms with E-state index in [2.05, 4.69) is 32.3 Å². The second kappa shape index (κ2) is 11.2. The van der Waals surface area contributed by atoms with Crippen LogP contribution in [0.4, 0.5) is 23.1 Å². The minimum atomic E-state index is -0.107. The average Bonchev–Trinajstić information content (AvgIpc) is 3.41. The molecule has 9 nitrogen and oxygen atoms in total. The number of benzene rings is 1. The molecule has 0 radical (unpaired) electrons. The Kier molecular flexibility index (Phi) is 7.81. The number of nitrogens with zero attached hydrogens (tertiary/aromatic N) is 5. The number of carbonyl (C=O) groups excluding carboxylic acids is 2. The van der Waals surface area contributed by atoms with Crippen molar-refractivity contribution in [2.75, 3.05) is 48.3 Å². The summed E-state index contributed by atoms with van der Waals surface area (Å²) < 4.78 is 0. The molecule has 1 saturated heterocycles. The van der Waals surface area contributed by atoms with Gasteiger partial charge in [-0.3, -0.25) is 9.59 Å². The van der Waals surface area contributed by atoms with Gasteiger partial charge in [-0.25, -0.2) is 4.98 Å². The first-order valence-corrected chi connectivity index (χ1v) is 13.8. The number of hydrogen-bond acceptors (Lipinski definition) is 7. The van der Waals surface area contributed by atoms with Crippen LogP contribution in [0.2, 0.25) is 5.02 Å². The number of fused-ring (bicyclic) bond motifs is 1. The van der Waals surface area contributed by atoms with Gasteiger partial charge in [-0.05, 0) is 50.4 Å². The molecule has 1 saturated carbocycles. The standard InChI is InChI=1S/C27H36ClN7O2/c1-3-34-13-10-19(11-14-34)30-26(37)18-8-9-22(21(28)16-18)31-27-29-17-23-25(32-27)35(20-6-4-5-7-20)15-12-24(36)33(23)2/h8-9,16-17,19-20H,3-7,10-15H2,1-2H3,(H,30,37)(H,29,31,32). The minimum absolute atomic E-state index is 0.0684. The average molecular weight is 526 g/mol. The van der Waals surface area contributed by atoms with E-state index in [-0.39, 0.29) is 17.9 Å². The maximum atomic E-state index is 12.8. The summed E-state index contributed by atoms with van der Waals surface area (Å²) in [7, 11) is 1.78. The fraction of sp³-hybridized carbons (Fsp3) is 0.556. The topological polar surface area (TPSA) is 93.7 Å². The molecule has 37 heavy (non-hydrogen) atoms. The predicted octanol–water partition coefficient (Wildman–Crippen LogP) is 4.20. The van der Waals surface area contributed by atoms with Gasteiger partial charge in [0.15, 0.2) is 5.82 Å². The number of hydrogen-bond donors (Lipinski definition) is 2. The number of nitrogens with one attached hydrogen (secondary N) is 2. The normalized spacial score (nSPS) is 19.6. The summed E-state index contributed by atoms with van der Waals surface area (Å²) in [6.07, 6.45) is 8.69. The lowest BCUT2D eigenvalue weighted by atomic mass is 10.0. The molecule has 198 valence electrons. The molecule has 0 atom stereocenters. The summed E-state index contributed by atoms with van der Waals surface area (Å²) in [4.78, 5) is 41.0. The van der Waals surface area contributed by atoms with Crippen molar-refractivity contribution in [2.24, 2.45) is 0 Å². The fourth-order valence-electron chi connectivity index (χ4n) is 5.61. The van der Waals surface area contributed by atoms with Crippen molar-refractivity contribution in [3.63, 3.8) is 0 Å². The third-order valence-electron chi connectivity index (χ3n) is 7.94. The van der Waals surface area contributed by atoms with Gasteiger partial charge in [0.05, 0.1) is 16.9 Å². The van der Waals surface area contributed by atoms with Crippen molar-refractivity contribution in [2.45, 2.75) is 64.0 Å². The highest BCUT2D eigenvalue weighted by Gasteiger charge is 2.31. The Bertz CT molecular complexity index is 1150. The molecule has 0 unspecified atom stereocenters. The summed E-state index contributed by atoms with van der Waals surface area (Å²) in [6.45, 7) is 5.88. The first-order valence-electron chi connectivity index (χ1n) is 13.4. The smallest absolute Gasteiger partial charge is 0.251 e. The molecule has 2 N–H and O–H groups in total. The van der Waals surface area contributed by atoms with E-state index in [1.165, 1.54) is 12.8 Å². The van der Waals surface area contributed by atoms with Crippen LogP contribution in [-0.4, -0.2) is 72.0 Å². The van der Waals surface area contributed by atoms with E-state index in [4.69, 9.17) is 16.6 Å². The lowest BCUT2D eigenvalue weighted by molar-refractivity contribution is -0.118. The van der Waals surface area contributed by atoms with Crippen molar-refractivity contribution in [3.8, 4) is 0 Å². The van der Waals surface area contributed by atoms with Gasteiger partial charge in [0.25, 0.3) is 5.91 Å². The van der Waals surface area contributed by atoms with E-state index in [0.29, 0.717) is 41.2 Å². The Balaban J connectivity index is 1.31. The zero-order valence-electron chi connectivity index (χ0n) is 21.7. The molecule has 3 heterocycles. The molecule has 0 bridgehead atoms. The molecule has 2 aromatic rings. The lowest BCUT2D eigenvalue weighted by Crippen LogP contribution is -2.44. The van der Waals surface area contributed by atoms with Crippen LogP contribution in [0.5, 0.6) is 0 Å². The van der Waals surface area contributed by atoms with Crippen LogP contribution in [0.3, 0.4) is 0 Å². The van der Waals surface area contributed by atoms with Crippen LogP contribution in [0, 0.1) is 0 Å². The minimum Gasteiger partial charge on any atom is -0.351 e. The van der Waals surface area contributed by atoms with Crippen molar-refractivity contribution in [1.82, 2.24) is 20.2 Å². The van der Waals surface area contributed by atoms with E-state index in [1.54, 1.807) is 36.3 Å². The van der Waals surface area contributed by atoms with Gasteiger partial charge in [-0.1, -0.05) is 31.4 Å². The predicted molar refractivity (Wildman–Crippen MR) is 147 cm³/mol. The summed E-state index contributed by atoms with van der Waals surface area (Å²) in [5, 5.41) is 6.79. The van der Waals surface area contributed by atoms with Crippen LogP contribution < -0.4 is 20.4 Å². The molecule has 1 aromatic heterocycles. The molecule has 0 spiro atoms. The third-order valence-corrected chi connectivity index (χ3v) is 8.25. The maximum Gasteiger partial charge on any atom is 0.251 e. The van der Waals surface area contributed by atoms with Gasteiger partial charge in [-0.15, -0.1) is 0 Å². The van der Waals surface area contributed by atoms with Crippen LogP contribution in [0.1, 0.15) is 62.2 Å². The van der Waals surface area contributed by atoms with Crippen molar-refractivity contribution in [3.05, 3.63) is 35.0 Å². The third kappa shape index (κ3) is 5.67. The van der Waals surface area contributed by atoms with E-state index in [1.807, 2.05) is 0 Å². The van der Waals surface area contributed by atoms with Gasteiger partial charge in [0.1, 0.15) is 5.69 Å². The number of halogens is 1. The Morgan fingerprint density at radius 2 is 1.89 bits per heavy atom. The number of likely N-dealkylation sites (tertiary alicyclic amines) is 1. The number of rotatable bonds is 6. The van der Waals surface area contributed by atoms with Gasteiger partial charge < -0.3 is 25.3 Å². The van der Waals surface area contributed by atoms with Gasteiger partial charge in [0, 0.05) is 50.7 Å². The first kappa shape index (κ1) is 25.7. The second-order valence-electron chi connectivity index (χ2n) is 10.2. The molecule has 5 rings (SSSR count). The lowest BCUT2D eigenvalue weighted by Gasteiger charge is -2.31. The van der Waals surface area contributed by atoms with Crippen LogP contribution in [0.25, 0.3) is 0 Å². The molecule has 10 heteroatoms. The molecule has 1 aromatic carbocycles. The molecule has 3 aliphatic rings. The SMILES string of the molecule is CCN1CCC(NC(=O)c2ccc(Nc3ncc4c(n3)N(C3CCCC3)CCC(=O)N4C)c(Cl)c2)CC1. The molecule has 2 amide bonds. The van der Waals surface area contributed by atoms with E-state index < -0.39 is 0 Å². The molecule has 2 aliphatic heterocycles. The van der Waals surface area contributed by atoms with Crippen LogP contribution >= 0.6 is 11.6 Å². The highest BCUT2D eigenvalue weighted by atomic mass is 35.5. The maximum absolute atomic E-state index is 12.8. The van der Waals surface area contributed by atoms with Crippen LogP contribution in [-0.2, 0) is 4.79 Å². The van der Waals surface area contributed by atoms with Crippen molar-refractivity contribution in [1.29, 1.82) is 0 Å². The van der Waals surface area contributed by atoms with Gasteiger partial charge in [-0.2, -0.15) is 4.98 Å². The monoisotopic (exact) mass is 525 g/mol. The number of carbonyl (C=O) groups is 2. The quantitative estimate of drug-likeness (QED) is 0.583. The van der Waals surface area contributed by atoms with Crippen molar-refractivity contribution < 1.29 is 9.59 Å². The molecular weight excluding hydrogens is 490 g/mol. The zero-order chi connectivity index (χ0) is 25.9. The summed E-state index contributed by atoms with van der Waals surface area (Å²) in [6, 6.07) is 5.81. The van der Waals surface area contributed by atoms with E-state index in [9.17, 15) is 9.59 Å². The van der Waals surface area contributed by atoms with Crippen molar-refractivity contribution >= 4 is 46.6 Å².